The molecule has 0 aliphatic heterocycles. The quantitative estimate of drug-likeness (QED) is 0.281. The van der Waals surface area contributed by atoms with E-state index in [-0.39, 0.29) is 42.5 Å². The third-order valence-electron chi connectivity index (χ3n) is 6.18. The number of para-hydroxylation sites is 1. The molecular formula is C24H28BrCl2F3N4O. The number of alkyl halides is 3. The summed E-state index contributed by atoms with van der Waals surface area (Å²) in [4.78, 5) is 4.61. The van der Waals surface area contributed by atoms with Gasteiger partial charge in [-0.2, -0.15) is 0 Å². The monoisotopic (exact) mass is 594 g/mol. The molecule has 1 saturated carbocycles. The molecule has 0 saturated heterocycles. The zero-order valence-electron chi connectivity index (χ0n) is 19.0. The van der Waals surface area contributed by atoms with E-state index >= 15 is 0 Å². The molecule has 0 bridgehead atoms. The lowest BCUT2D eigenvalue weighted by atomic mass is 9.80. The van der Waals surface area contributed by atoms with Crippen LogP contribution in [0.15, 0.2) is 46.9 Å². The number of halogens is 6. The van der Waals surface area contributed by atoms with Gasteiger partial charge in [0.05, 0.1) is 11.2 Å². The van der Waals surface area contributed by atoms with E-state index in [1.807, 2.05) is 31.3 Å². The number of hydrogen-bond acceptors (Lipinski definition) is 5. The van der Waals surface area contributed by atoms with Crippen LogP contribution >= 0.6 is 40.7 Å². The van der Waals surface area contributed by atoms with E-state index in [0.717, 1.165) is 47.8 Å². The molecule has 1 aliphatic carbocycles. The van der Waals surface area contributed by atoms with Gasteiger partial charge in [0.15, 0.2) is 0 Å². The molecule has 0 amide bonds. The van der Waals surface area contributed by atoms with Crippen molar-refractivity contribution in [2.24, 2.45) is 0 Å². The van der Waals surface area contributed by atoms with Gasteiger partial charge >= 0.3 is 6.36 Å². The molecule has 1 aromatic heterocycles. The number of rotatable bonds is 6. The van der Waals surface area contributed by atoms with Crippen LogP contribution in [0.2, 0.25) is 0 Å². The van der Waals surface area contributed by atoms with Crippen LogP contribution in [0.3, 0.4) is 0 Å². The van der Waals surface area contributed by atoms with Crippen molar-refractivity contribution in [2.75, 3.05) is 18.1 Å². The van der Waals surface area contributed by atoms with Crippen LogP contribution in [0, 0.1) is 0 Å². The molecule has 1 aliphatic rings. The Labute approximate surface area is 223 Å². The molecule has 1 fully saturated rings. The predicted octanol–water partition coefficient (Wildman–Crippen LogP) is 7.18. The maximum atomic E-state index is 12.8. The van der Waals surface area contributed by atoms with Crippen LogP contribution in [0.5, 0.6) is 5.75 Å². The number of hydrogen-bond donors (Lipinski definition) is 3. The van der Waals surface area contributed by atoms with Crippen molar-refractivity contribution in [3.05, 3.63) is 58.1 Å². The Morgan fingerprint density at radius 3 is 2.43 bits per heavy atom. The molecule has 5 nitrogen and oxygen atoms in total. The van der Waals surface area contributed by atoms with Crippen LogP contribution < -0.4 is 21.1 Å². The predicted molar refractivity (Wildman–Crippen MR) is 143 cm³/mol. The number of fused-ring (bicyclic) bond motifs is 1. The maximum absolute atomic E-state index is 12.8. The highest BCUT2D eigenvalue weighted by Gasteiger charge is 2.32. The highest BCUT2D eigenvalue weighted by atomic mass is 79.9. The van der Waals surface area contributed by atoms with Crippen molar-refractivity contribution in [1.82, 2.24) is 10.3 Å². The van der Waals surface area contributed by atoms with Crippen molar-refractivity contribution >= 4 is 63.2 Å². The Morgan fingerprint density at radius 2 is 1.77 bits per heavy atom. The summed E-state index contributed by atoms with van der Waals surface area (Å²) < 4.78 is 43.0. The zero-order valence-corrected chi connectivity index (χ0v) is 22.2. The number of benzene rings is 2. The van der Waals surface area contributed by atoms with E-state index in [2.05, 4.69) is 36.3 Å². The second-order valence-electron chi connectivity index (χ2n) is 8.28. The lowest BCUT2D eigenvalue weighted by Gasteiger charge is -2.31. The Balaban J connectivity index is 0.00000216. The Kier molecular flexibility index (Phi) is 10.3. The molecule has 0 radical (unpaired) electrons. The first kappa shape index (κ1) is 29.3. The summed E-state index contributed by atoms with van der Waals surface area (Å²) in [5.41, 5.74) is 9.79. The Morgan fingerprint density at radius 1 is 1.09 bits per heavy atom. The number of nitrogen functional groups attached to an aromatic ring is 1. The van der Waals surface area contributed by atoms with Crippen LogP contribution in [0.25, 0.3) is 10.9 Å². The fraction of sp³-hybridized carbons (Fsp3) is 0.375. The standard InChI is InChI=1S/C24H26BrF3N4O.2ClH/c1-30-22-18-4-2-3-5-19(18)32-23(29)21(22)14-7-10-17(11-8-14)31-13-15-6-9-16(25)12-20(15)33-24(26,27)28;;/h2-6,9,12,14,17,31H,7-8,10-11,13H2,1H3,(H3,29,30,32);2*1H/t14-,17+;;. The van der Waals surface area contributed by atoms with E-state index in [1.165, 1.54) is 6.07 Å². The average molecular weight is 596 g/mol. The van der Waals surface area contributed by atoms with E-state index in [1.54, 1.807) is 12.1 Å². The van der Waals surface area contributed by atoms with Gasteiger partial charge in [-0.15, -0.1) is 38.0 Å². The number of nitrogens with two attached hydrogens (primary N) is 1. The van der Waals surface area contributed by atoms with Crippen LogP contribution in [-0.4, -0.2) is 24.4 Å². The zero-order chi connectivity index (χ0) is 23.6. The van der Waals surface area contributed by atoms with Gasteiger partial charge in [0, 0.05) is 40.6 Å². The van der Waals surface area contributed by atoms with Gasteiger partial charge in [0.25, 0.3) is 0 Å². The van der Waals surface area contributed by atoms with Gasteiger partial charge < -0.3 is 21.1 Å². The van der Waals surface area contributed by atoms with Crippen molar-refractivity contribution in [1.29, 1.82) is 0 Å². The highest BCUT2D eigenvalue weighted by molar-refractivity contribution is 9.10. The lowest BCUT2D eigenvalue weighted by Crippen LogP contribution is -2.33. The summed E-state index contributed by atoms with van der Waals surface area (Å²) in [6.45, 7) is 0.301. The molecule has 0 atom stereocenters. The number of pyridine rings is 1. The van der Waals surface area contributed by atoms with Crippen molar-refractivity contribution in [2.45, 2.75) is 50.6 Å². The van der Waals surface area contributed by atoms with E-state index < -0.39 is 6.36 Å². The SMILES string of the molecule is CNc1c2ccccc2nc(N)c1[C@H]1CC[C@@H](NCc2ccc(Br)cc2OC(F)(F)F)CC1.Cl.Cl. The summed E-state index contributed by atoms with van der Waals surface area (Å²) >= 11 is 3.20. The fourth-order valence-corrected chi connectivity index (χ4v) is 5.00. The van der Waals surface area contributed by atoms with Gasteiger partial charge in [0.2, 0.25) is 0 Å². The number of nitrogens with one attached hydrogen (secondary N) is 2. The minimum Gasteiger partial charge on any atom is -0.405 e. The van der Waals surface area contributed by atoms with Gasteiger partial charge in [0.1, 0.15) is 11.6 Å². The molecule has 0 unspecified atom stereocenters. The van der Waals surface area contributed by atoms with Crippen molar-refractivity contribution < 1.29 is 17.9 Å². The topological polar surface area (TPSA) is 72.2 Å². The van der Waals surface area contributed by atoms with E-state index in [0.29, 0.717) is 22.4 Å². The molecule has 4 rings (SSSR count). The molecule has 3 aromatic rings. The van der Waals surface area contributed by atoms with Crippen LogP contribution in [-0.2, 0) is 6.54 Å². The summed E-state index contributed by atoms with van der Waals surface area (Å²) in [7, 11) is 1.90. The molecule has 35 heavy (non-hydrogen) atoms. The molecule has 2 aromatic carbocycles. The van der Waals surface area contributed by atoms with E-state index in [4.69, 9.17) is 5.73 Å². The average Bonchev–Trinajstić information content (AvgIpc) is 2.77. The first-order valence-corrected chi connectivity index (χ1v) is 11.7. The summed E-state index contributed by atoms with van der Waals surface area (Å²) in [5, 5.41) is 7.77. The highest BCUT2D eigenvalue weighted by Crippen LogP contribution is 2.42. The van der Waals surface area contributed by atoms with Gasteiger partial charge in [-0.3, -0.25) is 0 Å². The molecular weight excluding hydrogens is 568 g/mol. The molecule has 0 spiro atoms. The minimum absolute atomic E-state index is 0. The number of ether oxygens (including phenoxy) is 1. The maximum Gasteiger partial charge on any atom is 0.573 e. The second-order valence-corrected chi connectivity index (χ2v) is 9.20. The number of aromatic nitrogens is 1. The van der Waals surface area contributed by atoms with E-state index in [9.17, 15) is 13.2 Å². The molecule has 4 N–H and O–H groups in total. The summed E-state index contributed by atoms with van der Waals surface area (Å²) in [5.74, 6) is 0.643. The largest absolute Gasteiger partial charge is 0.573 e. The minimum atomic E-state index is -4.73. The third-order valence-corrected chi connectivity index (χ3v) is 6.67. The smallest absolute Gasteiger partial charge is 0.405 e. The molecule has 11 heteroatoms. The molecule has 192 valence electrons. The van der Waals surface area contributed by atoms with Gasteiger partial charge in [-0.05, 0) is 49.8 Å². The number of nitrogens with zero attached hydrogens (tertiary/aromatic N) is 1. The fourth-order valence-electron chi connectivity index (χ4n) is 4.66. The Hall–Kier alpha value is -1.94. The van der Waals surface area contributed by atoms with Crippen molar-refractivity contribution in [3.63, 3.8) is 0 Å². The molecule has 1 heterocycles. The van der Waals surface area contributed by atoms with Gasteiger partial charge in [-0.25, -0.2) is 4.98 Å². The second kappa shape index (κ2) is 12.3. The van der Waals surface area contributed by atoms with Crippen LogP contribution in [0.4, 0.5) is 24.7 Å². The first-order chi connectivity index (χ1) is 15.7. The first-order valence-electron chi connectivity index (χ1n) is 10.9. The summed E-state index contributed by atoms with van der Waals surface area (Å²) in [6.07, 6.45) is -1.10. The lowest BCUT2D eigenvalue weighted by molar-refractivity contribution is -0.274. The number of anilines is 2. The third kappa shape index (κ3) is 7.06. The Bertz CT molecular complexity index is 1140. The normalized spacial score (nSPS) is 17.9. The van der Waals surface area contributed by atoms with Crippen molar-refractivity contribution in [3.8, 4) is 5.75 Å². The summed E-state index contributed by atoms with van der Waals surface area (Å²) in [6, 6.07) is 12.8. The van der Waals surface area contributed by atoms with Crippen LogP contribution in [0.1, 0.15) is 42.7 Å². The van der Waals surface area contributed by atoms with Gasteiger partial charge in [-0.1, -0.05) is 40.2 Å².